The number of carbonyl (C=O) groups excluding carboxylic acids is 1. The summed E-state index contributed by atoms with van der Waals surface area (Å²) in [5.41, 5.74) is 1.75. The molecule has 6 heteroatoms. The molecule has 0 saturated carbocycles. The van der Waals surface area contributed by atoms with E-state index in [0.717, 1.165) is 5.56 Å². The third-order valence-corrected chi connectivity index (χ3v) is 4.15. The highest BCUT2D eigenvalue weighted by atomic mass is 35.5. The summed E-state index contributed by atoms with van der Waals surface area (Å²) in [6.07, 6.45) is 0.255. The topological polar surface area (TPSA) is 56.6 Å². The number of hydrogen-bond acceptors (Lipinski definition) is 4. The molecule has 5 nitrogen and oxygen atoms in total. The van der Waals surface area contributed by atoms with Crippen molar-refractivity contribution in [3.8, 4) is 11.8 Å². The Morgan fingerprint density at radius 1 is 1.19 bits per heavy atom. The molecule has 0 fully saturated rings. The lowest BCUT2D eigenvalue weighted by Crippen LogP contribution is -2.39. The number of hydrogen-bond donors (Lipinski definition) is 0. The van der Waals surface area contributed by atoms with Crippen LogP contribution in [0.5, 0.6) is 5.75 Å². The molecule has 0 atom stereocenters. The van der Waals surface area contributed by atoms with Crippen molar-refractivity contribution in [2.45, 2.75) is 13.0 Å². The van der Waals surface area contributed by atoms with Gasteiger partial charge in [0.15, 0.2) is 0 Å². The highest BCUT2D eigenvalue weighted by Crippen LogP contribution is 2.28. The van der Waals surface area contributed by atoms with Gasteiger partial charge in [-0.1, -0.05) is 35.9 Å². The van der Waals surface area contributed by atoms with Crippen molar-refractivity contribution < 1.29 is 9.53 Å². The number of benzene rings is 2. The summed E-state index contributed by atoms with van der Waals surface area (Å²) >= 11 is 5.91. The molecule has 2 aromatic rings. The van der Waals surface area contributed by atoms with Crippen LogP contribution in [0.2, 0.25) is 5.02 Å². The Bertz CT molecular complexity index is 771. The molecule has 0 aromatic heterocycles. The molecule has 0 unspecified atom stereocenters. The molecule has 0 heterocycles. The summed E-state index contributed by atoms with van der Waals surface area (Å²) in [5, 5.41) is 9.62. The predicted molar refractivity (Wildman–Crippen MR) is 103 cm³/mol. The van der Waals surface area contributed by atoms with Crippen molar-refractivity contribution in [1.82, 2.24) is 4.90 Å². The van der Waals surface area contributed by atoms with Gasteiger partial charge < -0.3 is 9.64 Å². The van der Waals surface area contributed by atoms with Gasteiger partial charge in [0.05, 0.1) is 31.8 Å². The lowest BCUT2D eigenvalue weighted by atomic mass is 10.2. The molecule has 0 aliphatic carbocycles. The molecule has 2 aromatic carbocycles. The van der Waals surface area contributed by atoms with Crippen LogP contribution in [0.25, 0.3) is 0 Å². The number of nitrogens with zero attached hydrogens (tertiary/aromatic N) is 3. The van der Waals surface area contributed by atoms with Gasteiger partial charge in [-0.15, -0.1) is 0 Å². The zero-order valence-electron chi connectivity index (χ0n) is 15.0. The second kappa shape index (κ2) is 9.81. The van der Waals surface area contributed by atoms with Crippen molar-refractivity contribution in [3.05, 3.63) is 59.1 Å². The number of halogens is 1. The van der Waals surface area contributed by atoms with Crippen molar-refractivity contribution in [2.24, 2.45) is 0 Å². The summed E-state index contributed by atoms with van der Waals surface area (Å²) in [5.74, 6) is 0.528. The maximum atomic E-state index is 12.9. The van der Waals surface area contributed by atoms with E-state index < -0.39 is 0 Å². The van der Waals surface area contributed by atoms with Crippen LogP contribution < -0.4 is 9.64 Å². The number of rotatable bonds is 8. The maximum absolute atomic E-state index is 12.9. The molecule has 0 bridgehead atoms. The van der Waals surface area contributed by atoms with E-state index in [4.69, 9.17) is 21.6 Å². The van der Waals surface area contributed by atoms with Gasteiger partial charge >= 0.3 is 0 Å². The molecular weight excluding hydrogens is 350 g/mol. The van der Waals surface area contributed by atoms with E-state index in [1.807, 2.05) is 54.4 Å². The molecule has 1 amide bonds. The molecule has 136 valence electrons. The van der Waals surface area contributed by atoms with Crippen molar-refractivity contribution in [3.63, 3.8) is 0 Å². The van der Waals surface area contributed by atoms with Gasteiger partial charge in [0.25, 0.3) is 0 Å². The second-order valence-electron chi connectivity index (χ2n) is 5.92. The van der Waals surface area contributed by atoms with Gasteiger partial charge in [0.2, 0.25) is 5.91 Å². The second-order valence-corrected chi connectivity index (χ2v) is 6.36. The maximum Gasteiger partial charge on any atom is 0.241 e. The van der Waals surface area contributed by atoms with Crippen LogP contribution in [0, 0.1) is 11.3 Å². The van der Waals surface area contributed by atoms with Crippen LogP contribution in [0.4, 0.5) is 5.69 Å². The molecule has 0 spiro atoms. The Kier molecular flexibility index (Phi) is 7.46. The highest BCUT2D eigenvalue weighted by molar-refractivity contribution is 6.30. The van der Waals surface area contributed by atoms with Gasteiger partial charge in [-0.2, -0.15) is 5.26 Å². The van der Waals surface area contributed by atoms with Crippen molar-refractivity contribution in [1.29, 1.82) is 5.26 Å². The average Bonchev–Trinajstić information content (AvgIpc) is 2.64. The Labute approximate surface area is 159 Å². The number of anilines is 1. The normalized spacial score (nSPS) is 10.4. The van der Waals surface area contributed by atoms with Crippen LogP contribution in [0.15, 0.2) is 48.5 Å². The number of carbonyl (C=O) groups is 1. The molecule has 0 N–H and O–H groups in total. The Morgan fingerprint density at radius 3 is 2.54 bits per heavy atom. The number of likely N-dealkylation sites (N-methyl/N-ethyl adjacent to an activating group) is 1. The number of amides is 1. The van der Waals surface area contributed by atoms with E-state index in [0.29, 0.717) is 29.5 Å². The van der Waals surface area contributed by atoms with Crippen molar-refractivity contribution in [2.75, 3.05) is 32.1 Å². The average molecular weight is 372 g/mol. The summed E-state index contributed by atoms with van der Waals surface area (Å²) in [6.45, 7) is 1.18. The highest BCUT2D eigenvalue weighted by Gasteiger charge is 2.20. The van der Waals surface area contributed by atoms with E-state index >= 15 is 0 Å². The molecule has 0 saturated heterocycles. The molecule has 0 aliphatic heterocycles. The zero-order valence-corrected chi connectivity index (χ0v) is 15.7. The fraction of sp³-hybridized carbons (Fsp3) is 0.300. The lowest BCUT2D eigenvalue weighted by molar-refractivity contribution is -0.119. The standard InChI is InChI=1S/C20H22ClN3O2/c1-23(14-16-8-10-17(21)11-9-16)15-20(25)24(13-5-12-22)18-6-3-4-7-19(18)26-2/h3-4,6-11H,5,13-15H2,1-2H3. The van der Waals surface area contributed by atoms with E-state index in [2.05, 4.69) is 6.07 Å². The number of ether oxygens (including phenoxy) is 1. The number of para-hydroxylation sites is 2. The third-order valence-electron chi connectivity index (χ3n) is 3.90. The number of methoxy groups -OCH3 is 1. The molecular formula is C20H22ClN3O2. The van der Waals surface area contributed by atoms with E-state index in [9.17, 15) is 4.79 Å². The fourth-order valence-electron chi connectivity index (χ4n) is 2.67. The first kappa shape index (κ1) is 19.8. The molecule has 26 heavy (non-hydrogen) atoms. The van der Waals surface area contributed by atoms with Gasteiger partial charge in [-0.3, -0.25) is 9.69 Å². The summed E-state index contributed by atoms with van der Waals surface area (Å²) in [7, 11) is 3.45. The first-order chi connectivity index (χ1) is 12.5. The van der Waals surface area contributed by atoms with Crippen LogP contribution in [-0.2, 0) is 11.3 Å². The monoisotopic (exact) mass is 371 g/mol. The van der Waals surface area contributed by atoms with Gasteiger partial charge in [-0.05, 0) is 36.9 Å². The number of nitriles is 1. The molecule has 0 radical (unpaired) electrons. The lowest BCUT2D eigenvalue weighted by Gasteiger charge is -2.26. The quantitative estimate of drug-likeness (QED) is 0.709. The van der Waals surface area contributed by atoms with Gasteiger partial charge in [-0.25, -0.2) is 0 Å². The predicted octanol–water partition coefficient (Wildman–Crippen LogP) is 3.73. The Hall–Kier alpha value is -2.55. The van der Waals surface area contributed by atoms with Crippen LogP contribution in [-0.4, -0.2) is 38.1 Å². The summed E-state index contributed by atoms with van der Waals surface area (Å²) in [4.78, 5) is 16.4. The SMILES string of the molecule is COc1ccccc1N(CCC#N)C(=O)CN(C)Cc1ccc(Cl)cc1. The first-order valence-electron chi connectivity index (χ1n) is 8.28. The van der Waals surface area contributed by atoms with Gasteiger partial charge in [0.1, 0.15) is 5.75 Å². The largest absolute Gasteiger partial charge is 0.495 e. The van der Waals surface area contributed by atoms with E-state index in [1.54, 1.807) is 18.1 Å². The van der Waals surface area contributed by atoms with E-state index in [-0.39, 0.29) is 18.9 Å². The first-order valence-corrected chi connectivity index (χ1v) is 8.66. The smallest absolute Gasteiger partial charge is 0.241 e. The summed E-state index contributed by atoms with van der Waals surface area (Å²) in [6, 6.07) is 17.0. The minimum atomic E-state index is -0.0822. The third kappa shape index (κ3) is 5.48. The van der Waals surface area contributed by atoms with Crippen LogP contribution >= 0.6 is 11.6 Å². The van der Waals surface area contributed by atoms with Crippen LogP contribution in [0.3, 0.4) is 0 Å². The molecule has 0 aliphatic rings. The summed E-state index contributed by atoms with van der Waals surface area (Å²) < 4.78 is 5.37. The van der Waals surface area contributed by atoms with Crippen molar-refractivity contribution >= 4 is 23.2 Å². The van der Waals surface area contributed by atoms with Crippen LogP contribution in [0.1, 0.15) is 12.0 Å². The van der Waals surface area contributed by atoms with Gasteiger partial charge in [0, 0.05) is 18.1 Å². The minimum absolute atomic E-state index is 0.0822. The molecule has 2 rings (SSSR count). The fourth-order valence-corrected chi connectivity index (χ4v) is 2.79. The minimum Gasteiger partial charge on any atom is -0.495 e. The Balaban J connectivity index is 2.10. The van der Waals surface area contributed by atoms with E-state index in [1.165, 1.54) is 0 Å². The zero-order chi connectivity index (χ0) is 18.9. The Morgan fingerprint density at radius 2 is 1.88 bits per heavy atom.